The fourth-order valence-electron chi connectivity index (χ4n) is 5.27. The van der Waals surface area contributed by atoms with Crippen molar-refractivity contribution in [2.45, 2.75) is 51.1 Å². The van der Waals surface area contributed by atoms with Crippen LogP contribution in [0.5, 0.6) is 0 Å². The number of fused-ring (bicyclic) bond motifs is 1. The van der Waals surface area contributed by atoms with E-state index in [2.05, 4.69) is 10.6 Å². The number of nitrogens with zero attached hydrogens (tertiary/aromatic N) is 3. The number of benzene rings is 1. The van der Waals surface area contributed by atoms with Crippen LogP contribution < -0.4 is 10.6 Å². The number of aryl methyl sites for hydroxylation is 1. The van der Waals surface area contributed by atoms with Crippen LogP contribution in [0.2, 0.25) is 0 Å². The SMILES string of the molecule is CN[C@@H](C)C(=O)N[C@H](C(=O)N1CCN(C(=O)c2cc3cc(F)ccc3n2C)CC1)C1CCCCC1. The van der Waals surface area contributed by atoms with Gasteiger partial charge in [0, 0.05) is 44.1 Å². The number of piperazine rings is 1. The molecule has 1 saturated heterocycles. The molecule has 0 radical (unpaired) electrons. The molecule has 2 heterocycles. The van der Waals surface area contributed by atoms with E-state index in [0.717, 1.165) is 31.2 Å². The van der Waals surface area contributed by atoms with Crippen molar-refractivity contribution in [1.82, 2.24) is 25.0 Å². The molecule has 1 aliphatic carbocycles. The highest BCUT2D eigenvalue weighted by Gasteiger charge is 2.36. The number of likely N-dealkylation sites (N-methyl/N-ethyl adjacent to an activating group) is 1. The Kier molecular flexibility index (Phi) is 7.74. The summed E-state index contributed by atoms with van der Waals surface area (Å²) >= 11 is 0. The molecule has 35 heavy (non-hydrogen) atoms. The van der Waals surface area contributed by atoms with E-state index in [9.17, 15) is 18.8 Å². The van der Waals surface area contributed by atoms with E-state index in [1.54, 1.807) is 47.5 Å². The predicted molar refractivity (Wildman–Crippen MR) is 132 cm³/mol. The van der Waals surface area contributed by atoms with Crippen molar-refractivity contribution in [3.63, 3.8) is 0 Å². The number of rotatable bonds is 6. The molecule has 1 aromatic heterocycles. The zero-order chi connectivity index (χ0) is 25.1. The van der Waals surface area contributed by atoms with Crippen LogP contribution in [0, 0.1) is 11.7 Å². The molecule has 4 rings (SSSR count). The summed E-state index contributed by atoms with van der Waals surface area (Å²) in [4.78, 5) is 42.9. The summed E-state index contributed by atoms with van der Waals surface area (Å²) in [5.74, 6) is -0.549. The molecule has 0 unspecified atom stereocenters. The number of carbonyl (C=O) groups is 3. The Morgan fingerprint density at radius 1 is 1.00 bits per heavy atom. The molecule has 1 aromatic carbocycles. The van der Waals surface area contributed by atoms with Crippen molar-refractivity contribution in [1.29, 1.82) is 0 Å². The van der Waals surface area contributed by atoms with Gasteiger partial charge in [-0.2, -0.15) is 0 Å². The van der Waals surface area contributed by atoms with E-state index in [0.29, 0.717) is 37.3 Å². The van der Waals surface area contributed by atoms with Crippen molar-refractivity contribution in [3.05, 3.63) is 35.8 Å². The third-order valence-corrected chi connectivity index (χ3v) is 7.61. The summed E-state index contributed by atoms with van der Waals surface area (Å²) in [6, 6.07) is 5.30. The van der Waals surface area contributed by atoms with Crippen LogP contribution in [-0.2, 0) is 16.6 Å². The first-order valence-corrected chi connectivity index (χ1v) is 12.6. The number of nitrogens with one attached hydrogen (secondary N) is 2. The summed E-state index contributed by atoms with van der Waals surface area (Å²) in [5.41, 5.74) is 1.30. The normalized spacial score (nSPS) is 19.0. The molecule has 1 saturated carbocycles. The van der Waals surface area contributed by atoms with Gasteiger partial charge in [0.2, 0.25) is 11.8 Å². The topological polar surface area (TPSA) is 86.7 Å². The maximum atomic E-state index is 13.6. The summed E-state index contributed by atoms with van der Waals surface area (Å²) in [7, 11) is 3.53. The monoisotopic (exact) mass is 485 g/mol. The molecule has 8 nitrogen and oxygen atoms in total. The van der Waals surface area contributed by atoms with Crippen LogP contribution in [0.3, 0.4) is 0 Å². The van der Waals surface area contributed by atoms with Crippen LogP contribution in [0.1, 0.15) is 49.5 Å². The first-order chi connectivity index (χ1) is 16.8. The molecule has 0 spiro atoms. The average molecular weight is 486 g/mol. The second-order valence-corrected chi connectivity index (χ2v) is 9.80. The molecule has 2 aliphatic rings. The van der Waals surface area contributed by atoms with Crippen LogP contribution in [0.25, 0.3) is 10.9 Å². The lowest BCUT2D eigenvalue weighted by molar-refractivity contribution is -0.140. The van der Waals surface area contributed by atoms with Gasteiger partial charge in [0.1, 0.15) is 17.6 Å². The molecule has 2 atom stereocenters. The summed E-state index contributed by atoms with van der Waals surface area (Å²) in [6.07, 6.45) is 5.18. The summed E-state index contributed by atoms with van der Waals surface area (Å²) in [6.45, 7) is 3.45. The lowest BCUT2D eigenvalue weighted by atomic mass is 9.83. The molecule has 2 aromatic rings. The highest BCUT2D eigenvalue weighted by Crippen LogP contribution is 2.28. The lowest BCUT2D eigenvalue weighted by Gasteiger charge is -2.39. The Bertz CT molecular complexity index is 1090. The van der Waals surface area contributed by atoms with Crippen molar-refractivity contribution in [2.75, 3.05) is 33.2 Å². The Morgan fingerprint density at radius 2 is 1.66 bits per heavy atom. The van der Waals surface area contributed by atoms with E-state index < -0.39 is 6.04 Å². The molecular formula is C26H36FN5O3. The van der Waals surface area contributed by atoms with Gasteiger partial charge in [-0.25, -0.2) is 4.39 Å². The minimum Gasteiger partial charge on any atom is -0.343 e. The minimum atomic E-state index is -0.533. The van der Waals surface area contributed by atoms with Crippen LogP contribution in [0.15, 0.2) is 24.3 Å². The maximum Gasteiger partial charge on any atom is 0.270 e. The Labute approximate surface area is 205 Å². The van der Waals surface area contributed by atoms with Crippen molar-refractivity contribution >= 4 is 28.6 Å². The van der Waals surface area contributed by atoms with Gasteiger partial charge in [-0.05, 0) is 57.0 Å². The molecule has 3 amide bonds. The molecule has 1 aliphatic heterocycles. The van der Waals surface area contributed by atoms with Crippen LogP contribution in [-0.4, -0.2) is 77.4 Å². The zero-order valence-electron chi connectivity index (χ0n) is 20.8. The molecule has 2 fully saturated rings. The standard InChI is InChI=1S/C26H36FN5O3/c1-17(28-2)24(33)29-23(18-7-5-4-6-8-18)26(35)32-13-11-31(12-14-32)25(34)22-16-19-15-20(27)9-10-21(19)30(22)3/h9-10,15-18,23,28H,4-8,11-14H2,1-3H3,(H,29,33)/t17-,23-/m0/s1. The van der Waals surface area contributed by atoms with Gasteiger partial charge in [-0.3, -0.25) is 14.4 Å². The fourth-order valence-corrected chi connectivity index (χ4v) is 5.27. The fraction of sp³-hybridized carbons (Fsp3) is 0.577. The number of halogens is 1. The molecule has 190 valence electrons. The molecule has 9 heteroatoms. The van der Waals surface area contributed by atoms with E-state index >= 15 is 0 Å². The highest BCUT2D eigenvalue weighted by atomic mass is 19.1. The van der Waals surface area contributed by atoms with E-state index in [-0.39, 0.29) is 35.5 Å². The Balaban J connectivity index is 1.43. The molecule has 2 N–H and O–H groups in total. The van der Waals surface area contributed by atoms with Gasteiger partial charge < -0.3 is 25.0 Å². The zero-order valence-corrected chi connectivity index (χ0v) is 20.8. The number of amides is 3. The molecular weight excluding hydrogens is 449 g/mol. The smallest absolute Gasteiger partial charge is 0.270 e. The quantitative estimate of drug-likeness (QED) is 0.657. The van der Waals surface area contributed by atoms with Crippen molar-refractivity contribution in [2.24, 2.45) is 13.0 Å². The number of hydrogen-bond donors (Lipinski definition) is 2. The Hall–Kier alpha value is -2.94. The number of aromatic nitrogens is 1. The van der Waals surface area contributed by atoms with Crippen LogP contribution >= 0.6 is 0 Å². The third-order valence-electron chi connectivity index (χ3n) is 7.61. The lowest BCUT2D eigenvalue weighted by Crippen LogP contribution is -2.59. The first-order valence-electron chi connectivity index (χ1n) is 12.6. The summed E-state index contributed by atoms with van der Waals surface area (Å²) in [5, 5.41) is 6.64. The second-order valence-electron chi connectivity index (χ2n) is 9.80. The largest absolute Gasteiger partial charge is 0.343 e. The van der Waals surface area contributed by atoms with Crippen LogP contribution in [0.4, 0.5) is 4.39 Å². The van der Waals surface area contributed by atoms with E-state index in [4.69, 9.17) is 0 Å². The van der Waals surface area contributed by atoms with E-state index in [1.807, 2.05) is 0 Å². The highest BCUT2D eigenvalue weighted by molar-refractivity contribution is 5.99. The first kappa shape index (κ1) is 25.2. The van der Waals surface area contributed by atoms with Gasteiger partial charge in [0.05, 0.1) is 6.04 Å². The Morgan fingerprint density at radius 3 is 2.31 bits per heavy atom. The van der Waals surface area contributed by atoms with Gasteiger partial charge in [0.15, 0.2) is 0 Å². The number of hydrogen-bond acceptors (Lipinski definition) is 4. The van der Waals surface area contributed by atoms with Gasteiger partial charge in [-0.1, -0.05) is 19.3 Å². The average Bonchev–Trinajstić information content (AvgIpc) is 3.21. The van der Waals surface area contributed by atoms with Gasteiger partial charge in [-0.15, -0.1) is 0 Å². The minimum absolute atomic E-state index is 0.0549. The molecule has 0 bridgehead atoms. The van der Waals surface area contributed by atoms with Gasteiger partial charge >= 0.3 is 0 Å². The van der Waals surface area contributed by atoms with Crippen molar-refractivity contribution < 1.29 is 18.8 Å². The van der Waals surface area contributed by atoms with E-state index in [1.165, 1.54) is 18.6 Å². The maximum absolute atomic E-state index is 13.6. The third kappa shape index (κ3) is 5.34. The number of carbonyl (C=O) groups excluding carboxylic acids is 3. The summed E-state index contributed by atoms with van der Waals surface area (Å²) < 4.78 is 15.4. The predicted octanol–water partition coefficient (Wildman–Crippen LogP) is 2.27. The van der Waals surface area contributed by atoms with Crippen molar-refractivity contribution in [3.8, 4) is 0 Å². The second kappa shape index (κ2) is 10.8. The van der Waals surface area contributed by atoms with Gasteiger partial charge in [0.25, 0.3) is 5.91 Å².